The second kappa shape index (κ2) is 8.54. The second-order valence-corrected chi connectivity index (χ2v) is 6.11. The van der Waals surface area contributed by atoms with Gasteiger partial charge in [0.1, 0.15) is 24.4 Å². The maximum Gasteiger partial charge on any atom is 0.335 e. The van der Waals surface area contributed by atoms with Crippen molar-refractivity contribution < 1.29 is 54.1 Å². The van der Waals surface area contributed by atoms with Gasteiger partial charge in [-0.3, -0.25) is 4.79 Å². The first kappa shape index (κ1) is 20.9. The van der Waals surface area contributed by atoms with Crippen molar-refractivity contribution in [3.63, 3.8) is 0 Å². The summed E-state index contributed by atoms with van der Waals surface area (Å²) in [5, 5.41) is 49.9. The molecule has 12 heteroatoms. The van der Waals surface area contributed by atoms with E-state index in [4.69, 9.17) is 24.1 Å². The highest BCUT2D eigenvalue weighted by atomic mass is 16.7. The molecule has 0 aromatic carbocycles. The molecule has 150 valence electrons. The summed E-state index contributed by atoms with van der Waals surface area (Å²) in [5.74, 6) is -2.06. The van der Waals surface area contributed by atoms with Gasteiger partial charge in [-0.1, -0.05) is 0 Å². The Labute approximate surface area is 148 Å². The first-order valence-electron chi connectivity index (χ1n) is 7.92. The van der Waals surface area contributed by atoms with Crippen molar-refractivity contribution in [3.05, 3.63) is 0 Å². The Morgan fingerprint density at radius 2 is 1.92 bits per heavy atom. The number of amides is 1. The summed E-state index contributed by atoms with van der Waals surface area (Å²) < 4.78 is 21.0. The van der Waals surface area contributed by atoms with Crippen LogP contribution in [0.25, 0.3) is 0 Å². The molecule has 2 aliphatic rings. The van der Waals surface area contributed by atoms with E-state index in [1.54, 1.807) is 0 Å². The number of hydrogen-bond acceptors (Lipinski definition) is 10. The summed E-state index contributed by atoms with van der Waals surface area (Å²) in [7, 11) is 0. The number of aliphatic hydroxyl groups excluding tert-OH is 3. The molecule has 0 radical (unpaired) electrons. The maximum absolute atomic E-state index is 11.4. The molecule has 2 saturated heterocycles. The van der Waals surface area contributed by atoms with E-state index >= 15 is 0 Å². The first-order chi connectivity index (χ1) is 12.1. The van der Waals surface area contributed by atoms with Crippen molar-refractivity contribution in [3.8, 4) is 0 Å². The van der Waals surface area contributed by atoms with Crippen LogP contribution in [0.2, 0.25) is 0 Å². The summed E-state index contributed by atoms with van der Waals surface area (Å²) >= 11 is 0. The second-order valence-electron chi connectivity index (χ2n) is 6.11. The molecule has 0 aliphatic carbocycles. The Morgan fingerprint density at radius 1 is 1.27 bits per heavy atom. The van der Waals surface area contributed by atoms with E-state index in [-0.39, 0.29) is 6.61 Å². The van der Waals surface area contributed by atoms with Crippen molar-refractivity contribution in [1.82, 2.24) is 5.32 Å². The SMILES string of the molecule is CC(=O)NC1C(O)OC2COC2C1OC(OC(C(=O)O)C(C)O)C(O)O. The molecule has 2 heterocycles. The van der Waals surface area contributed by atoms with E-state index in [9.17, 15) is 30.0 Å². The van der Waals surface area contributed by atoms with Gasteiger partial charge in [-0.15, -0.1) is 0 Å². The molecule has 0 aromatic heterocycles. The Morgan fingerprint density at radius 3 is 2.35 bits per heavy atom. The van der Waals surface area contributed by atoms with Gasteiger partial charge in [0, 0.05) is 6.92 Å². The van der Waals surface area contributed by atoms with E-state index in [2.05, 4.69) is 5.32 Å². The predicted molar refractivity (Wildman–Crippen MR) is 79.3 cm³/mol. The number of rotatable bonds is 8. The molecule has 26 heavy (non-hydrogen) atoms. The van der Waals surface area contributed by atoms with E-state index in [1.165, 1.54) is 6.92 Å². The minimum atomic E-state index is -2.27. The van der Waals surface area contributed by atoms with Gasteiger partial charge in [-0.25, -0.2) is 4.79 Å². The molecule has 2 fully saturated rings. The van der Waals surface area contributed by atoms with Gasteiger partial charge in [0.05, 0.1) is 12.7 Å². The zero-order valence-corrected chi connectivity index (χ0v) is 14.1. The highest BCUT2D eigenvalue weighted by Crippen LogP contribution is 2.32. The lowest BCUT2D eigenvalue weighted by Crippen LogP contribution is -2.70. The Kier molecular flexibility index (Phi) is 6.87. The average Bonchev–Trinajstić information content (AvgIpc) is 2.49. The van der Waals surface area contributed by atoms with Gasteiger partial charge >= 0.3 is 5.97 Å². The molecule has 0 aromatic rings. The zero-order valence-electron chi connectivity index (χ0n) is 14.1. The molecular formula is C14H23NO11. The van der Waals surface area contributed by atoms with Crippen LogP contribution >= 0.6 is 0 Å². The van der Waals surface area contributed by atoms with Crippen molar-refractivity contribution in [1.29, 1.82) is 0 Å². The lowest BCUT2D eigenvalue weighted by atomic mass is 9.93. The van der Waals surface area contributed by atoms with E-state index in [1.807, 2.05) is 0 Å². The summed E-state index contributed by atoms with van der Waals surface area (Å²) in [5.41, 5.74) is 0. The number of hydrogen-bond donors (Lipinski definition) is 6. The van der Waals surface area contributed by atoms with E-state index < -0.39 is 67.3 Å². The third-order valence-electron chi connectivity index (χ3n) is 3.99. The van der Waals surface area contributed by atoms with E-state index in [0.29, 0.717) is 0 Å². The lowest BCUT2D eigenvalue weighted by molar-refractivity contribution is -0.362. The monoisotopic (exact) mass is 381 g/mol. The van der Waals surface area contributed by atoms with E-state index in [0.717, 1.165) is 6.92 Å². The quantitative estimate of drug-likeness (QED) is 0.229. The number of carbonyl (C=O) groups is 2. The van der Waals surface area contributed by atoms with Crippen LogP contribution in [-0.2, 0) is 28.5 Å². The fraction of sp³-hybridized carbons (Fsp3) is 0.857. The van der Waals surface area contributed by atoms with Crippen LogP contribution in [0.3, 0.4) is 0 Å². The van der Waals surface area contributed by atoms with Gasteiger partial charge in [0.25, 0.3) is 0 Å². The summed E-state index contributed by atoms with van der Waals surface area (Å²) in [6.45, 7) is 2.50. The Bertz CT molecular complexity index is 513. The van der Waals surface area contributed by atoms with Gasteiger partial charge in [0.15, 0.2) is 12.4 Å². The number of ether oxygens (including phenoxy) is 4. The summed E-state index contributed by atoms with van der Waals surface area (Å²) in [6.07, 6.45) is -11.3. The Hall–Kier alpha value is -1.38. The summed E-state index contributed by atoms with van der Waals surface area (Å²) in [4.78, 5) is 22.5. The van der Waals surface area contributed by atoms with Crippen LogP contribution in [-0.4, -0.2) is 99.4 Å². The fourth-order valence-electron chi connectivity index (χ4n) is 2.74. The number of carboxylic acids is 1. The van der Waals surface area contributed by atoms with Crippen LogP contribution < -0.4 is 5.32 Å². The van der Waals surface area contributed by atoms with Crippen molar-refractivity contribution in [2.75, 3.05) is 6.61 Å². The summed E-state index contributed by atoms with van der Waals surface area (Å²) in [6, 6.07) is -1.13. The normalized spacial score (nSPS) is 34.3. The van der Waals surface area contributed by atoms with Crippen LogP contribution in [0.4, 0.5) is 0 Å². The van der Waals surface area contributed by atoms with Crippen molar-refractivity contribution >= 4 is 11.9 Å². The highest BCUT2D eigenvalue weighted by Gasteiger charge is 2.53. The van der Waals surface area contributed by atoms with Gasteiger partial charge in [0.2, 0.25) is 18.5 Å². The third-order valence-corrected chi connectivity index (χ3v) is 3.99. The van der Waals surface area contributed by atoms with Gasteiger partial charge in [-0.2, -0.15) is 0 Å². The maximum atomic E-state index is 11.4. The molecule has 0 bridgehead atoms. The largest absolute Gasteiger partial charge is 0.479 e. The topological polar surface area (TPSA) is 184 Å². The Balaban J connectivity index is 2.17. The zero-order chi connectivity index (χ0) is 19.6. The van der Waals surface area contributed by atoms with Crippen molar-refractivity contribution in [2.24, 2.45) is 0 Å². The molecule has 8 atom stereocenters. The minimum absolute atomic E-state index is 0.160. The molecule has 2 aliphatic heterocycles. The number of carboxylic acid groups (broad SMARTS) is 1. The molecule has 0 spiro atoms. The highest BCUT2D eigenvalue weighted by molar-refractivity contribution is 5.73. The molecule has 1 amide bonds. The molecule has 8 unspecified atom stereocenters. The molecule has 0 saturated carbocycles. The van der Waals surface area contributed by atoms with Crippen LogP contribution in [0.15, 0.2) is 0 Å². The lowest BCUT2D eigenvalue weighted by Gasteiger charge is -2.50. The average molecular weight is 381 g/mol. The molecule has 2 rings (SSSR count). The van der Waals surface area contributed by atoms with Gasteiger partial charge < -0.3 is 49.8 Å². The fourth-order valence-corrected chi connectivity index (χ4v) is 2.74. The number of carbonyl (C=O) groups excluding carboxylic acids is 1. The number of aliphatic hydroxyl groups is 4. The van der Waals surface area contributed by atoms with Crippen molar-refractivity contribution in [2.45, 2.75) is 69.3 Å². The number of aliphatic carboxylic acids is 1. The molecule has 12 nitrogen and oxygen atoms in total. The van der Waals surface area contributed by atoms with Crippen LogP contribution in [0.5, 0.6) is 0 Å². The predicted octanol–water partition coefficient (Wildman–Crippen LogP) is -3.52. The third kappa shape index (κ3) is 4.66. The molecular weight excluding hydrogens is 358 g/mol. The van der Waals surface area contributed by atoms with Crippen LogP contribution in [0, 0.1) is 0 Å². The first-order valence-corrected chi connectivity index (χ1v) is 7.92. The molecule has 6 N–H and O–H groups in total. The minimum Gasteiger partial charge on any atom is -0.479 e. The van der Waals surface area contributed by atoms with Gasteiger partial charge in [-0.05, 0) is 6.92 Å². The standard InChI is InChI=1S/C14H23NO11/c1-4(16)8(11(18)19)25-14(12(20)21)26-10-7(15-5(2)17)13(22)24-6-3-23-9(6)10/h4,6-10,12-14,16,20-22H,3H2,1-2H3,(H,15,17)(H,18,19). The number of fused-ring (bicyclic) bond motifs is 1. The number of nitrogens with one attached hydrogen (secondary N) is 1. The smallest absolute Gasteiger partial charge is 0.335 e. The van der Waals surface area contributed by atoms with Crippen LogP contribution in [0.1, 0.15) is 13.8 Å².